The highest BCUT2D eigenvalue weighted by atomic mass is 16.1. The van der Waals surface area contributed by atoms with Gasteiger partial charge in [-0.2, -0.15) is 0 Å². The molecule has 0 aliphatic carbocycles. The molecule has 0 fully saturated rings. The second-order valence-electron chi connectivity index (χ2n) is 3.94. The van der Waals surface area contributed by atoms with E-state index in [1.807, 2.05) is 0 Å². The molecule has 0 atom stereocenters. The fourth-order valence-electron chi connectivity index (χ4n) is 1.84. The molecule has 0 unspecified atom stereocenters. The number of hydrogen-bond donors (Lipinski definition) is 1. The Hall–Kier alpha value is -1.97. The Morgan fingerprint density at radius 2 is 2.00 bits per heavy atom. The highest BCUT2D eigenvalue weighted by molar-refractivity contribution is 5.49. The number of rotatable bonds is 3. The first-order chi connectivity index (χ1) is 11.3. The number of nitrogens with one attached hydrogen (secondary N) is 1. The predicted molar refractivity (Wildman–Crippen MR) is 74.5 cm³/mol. The molecule has 0 spiro atoms. The molecule has 1 heterocycles. The van der Waals surface area contributed by atoms with Gasteiger partial charge in [-0.3, -0.25) is 9.48 Å². The molecule has 0 radical (unpaired) electrons. The lowest BCUT2D eigenvalue weighted by atomic mass is 10.3. The van der Waals surface area contributed by atoms with Crippen molar-refractivity contribution in [3.05, 3.63) is 46.4 Å². The van der Waals surface area contributed by atoms with Gasteiger partial charge in [-0.1, -0.05) is 18.2 Å². The third-order valence-corrected chi connectivity index (χ3v) is 2.80. The Kier molecular flexibility index (Phi) is 1.65. The summed E-state index contributed by atoms with van der Waals surface area (Å²) in [5, 5.41) is 2.19. The Bertz CT molecular complexity index is 804. The average Bonchev–Trinajstić information content (AvgIpc) is 2.69. The zero-order valence-corrected chi connectivity index (χ0v) is 10.2. The van der Waals surface area contributed by atoms with Crippen LogP contribution in [0.25, 0.3) is 5.69 Å². The summed E-state index contributed by atoms with van der Waals surface area (Å²) < 4.78 is 55.6. The van der Waals surface area contributed by atoms with Gasteiger partial charge in [-0.15, -0.1) is 0 Å². The van der Waals surface area contributed by atoms with Crippen LogP contribution in [0.2, 0.25) is 0 Å². The first-order valence-electron chi connectivity index (χ1n) is 8.93. The number of nitrogens with zero attached hydrogens (tertiary/aromatic N) is 2. The van der Waals surface area contributed by atoms with Gasteiger partial charge in [-0.25, -0.2) is 4.68 Å². The van der Waals surface area contributed by atoms with E-state index in [0.717, 1.165) is 0 Å². The van der Waals surface area contributed by atoms with Crippen molar-refractivity contribution in [3.8, 4) is 5.69 Å². The third-order valence-electron chi connectivity index (χ3n) is 2.80. The van der Waals surface area contributed by atoms with Crippen molar-refractivity contribution in [2.45, 2.75) is 26.6 Å². The molecule has 0 bridgehead atoms. The summed E-state index contributed by atoms with van der Waals surface area (Å²) in [6, 6.07) is 5.60. The minimum absolute atomic E-state index is 0.228. The zero-order valence-electron chi connectivity index (χ0n) is 17.2. The van der Waals surface area contributed by atoms with E-state index in [4.69, 9.17) is 9.60 Å². The number of hydrogen-bond acceptors (Lipinski definition) is 2. The summed E-state index contributed by atoms with van der Waals surface area (Å²) in [7, 11) is 1.59. The van der Waals surface area contributed by atoms with E-state index in [1.54, 1.807) is 44.3 Å². The molecule has 0 saturated carbocycles. The van der Waals surface area contributed by atoms with Gasteiger partial charge in [0.1, 0.15) is 5.69 Å². The van der Waals surface area contributed by atoms with Crippen LogP contribution in [0.1, 0.15) is 29.0 Å². The SMILES string of the molecule is [2H]C([2H])([2H])C([2H])(Nc1c(C)n(C)n(-c2ccccc2)c1=O)C([2H])([2H])[2H]. The van der Waals surface area contributed by atoms with E-state index in [2.05, 4.69) is 5.32 Å². The molecule has 1 N–H and O–H groups in total. The van der Waals surface area contributed by atoms with Crippen molar-refractivity contribution < 1.29 is 9.60 Å². The van der Waals surface area contributed by atoms with E-state index in [-0.39, 0.29) is 5.69 Å². The Labute approximate surface area is 117 Å². The molecule has 4 nitrogen and oxygen atoms in total. The summed E-state index contributed by atoms with van der Waals surface area (Å²) >= 11 is 0. The average molecular weight is 252 g/mol. The lowest BCUT2D eigenvalue weighted by molar-refractivity contribution is 0.630. The van der Waals surface area contributed by atoms with Gasteiger partial charge in [0, 0.05) is 21.3 Å². The lowest BCUT2D eigenvalue weighted by Crippen LogP contribution is -2.22. The second-order valence-corrected chi connectivity index (χ2v) is 3.94. The number of para-hydroxylation sites is 1. The minimum Gasteiger partial charge on any atom is -0.377 e. The maximum atomic E-state index is 12.8. The van der Waals surface area contributed by atoms with Gasteiger partial charge >= 0.3 is 0 Å². The van der Waals surface area contributed by atoms with Crippen molar-refractivity contribution in [1.29, 1.82) is 0 Å². The topological polar surface area (TPSA) is 39.0 Å². The van der Waals surface area contributed by atoms with Gasteiger partial charge in [0.2, 0.25) is 0 Å². The predicted octanol–water partition coefficient (Wildman–Crippen LogP) is 2.30. The van der Waals surface area contributed by atoms with Gasteiger partial charge in [0.15, 0.2) is 0 Å². The quantitative estimate of drug-likeness (QED) is 0.910. The second kappa shape index (κ2) is 4.72. The van der Waals surface area contributed by atoms with E-state index in [9.17, 15) is 4.79 Å². The number of benzene rings is 1. The molecule has 1 aromatic carbocycles. The Balaban J connectivity index is 2.64. The zero-order chi connectivity index (χ0) is 19.2. The normalized spacial score (nSPS) is 18.7. The summed E-state index contributed by atoms with van der Waals surface area (Å²) in [5.41, 5.74) is -0.00611. The molecule has 4 heteroatoms. The standard InChI is InChI=1S/C14H19N3O/c1-10(2)15-13-11(3)16(4)17(14(13)18)12-8-6-5-7-9-12/h5-10,15H,1-4H3/i1D3,2D3,10D. The highest BCUT2D eigenvalue weighted by Crippen LogP contribution is 2.14. The molecular formula is C14H19N3O. The summed E-state index contributed by atoms with van der Waals surface area (Å²) in [6.07, 6.45) is 0. The van der Waals surface area contributed by atoms with Gasteiger partial charge < -0.3 is 5.32 Å². The van der Waals surface area contributed by atoms with Gasteiger partial charge in [-0.05, 0) is 32.8 Å². The van der Waals surface area contributed by atoms with Crippen molar-refractivity contribution in [2.75, 3.05) is 5.32 Å². The van der Waals surface area contributed by atoms with Crippen LogP contribution in [0.5, 0.6) is 0 Å². The first kappa shape index (κ1) is 6.27. The Morgan fingerprint density at radius 3 is 2.61 bits per heavy atom. The monoisotopic (exact) mass is 252 g/mol. The minimum atomic E-state index is -3.18. The van der Waals surface area contributed by atoms with Crippen molar-refractivity contribution >= 4 is 5.69 Å². The maximum absolute atomic E-state index is 12.8. The summed E-state index contributed by atoms with van der Waals surface area (Å²) in [6.45, 7) is -4.81. The first-order valence-corrected chi connectivity index (χ1v) is 5.43. The van der Waals surface area contributed by atoms with Crippen molar-refractivity contribution in [1.82, 2.24) is 9.36 Å². The molecule has 2 rings (SSSR count). The fourth-order valence-corrected chi connectivity index (χ4v) is 1.84. The molecule has 0 aliphatic rings. The lowest BCUT2D eigenvalue weighted by Gasteiger charge is -2.08. The Morgan fingerprint density at radius 1 is 1.33 bits per heavy atom. The van der Waals surface area contributed by atoms with Crippen LogP contribution in [0.4, 0.5) is 5.69 Å². The fraction of sp³-hybridized carbons (Fsp3) is 0.357. The van der Waals surface area contributed by atoms with E-state index in [0.29, 0.717) is 11.4 Å². The van der Waals surface area contributed by atoms with Crippen molar-refractivity contribution in [2.24, 2.45) is 7.05 Å². The van der Waals surface area contributed by atoms with Gasteiger partial charge in [0.05, 0.1) is 12.8 Å². The third kappa shape index (κ3) is 2.06. The summed E-state index contributed by atoms with van der Waals surface area (Å²) in [5.74, 6) is 0. The smallest absolute Gasteiger partial charge is 0.295 e. The molecule has 18 heavy (non-hydrogen) atoms. The van der Waals surface area contributed by atoms with E-state index < -0.39 is 25.3 Å². The maximum Gasteiger partial charge on any atom is 0.295 e. The van der Waals surface area contributed by atoms with Gasteiger partial charge in [0.25, 0.3) is 5.56 Å². The van der Waals surface area contributed by atoms with Crippen LogP contribution >= 0.6 is 0 Å². The molecular weight excluding hydrogens is 226 g/mol. The van der Waals surface area contributed by atoms with E-state index in [1.165, 1.54) is 9.36 Å². The van der Waals surface area contributed by atoms with Crippen LogP contribution in [-0.4, -0.2) is 15.4 Å². The van der Waals surface area contributed by atoms with Crippen LogP contribution in [-0.2, 0) is 7.05 Å². The largest absolute Gasteiger partial charge is 0.377 e. The molecule has 2 aromatic rings. The highest BCUT2D eigenvalue weighted by Gasteiger charge is 2.15. The van der Waals surface area contributed by atoms with Crippen LogP contribution in [0.3, 0.4) is 0 Å². The number of aromatic nitrogens is 2. The van der Waals surface area contributed by atoms with Crippen molar-refractivity contribution in [3.63, 3.8) is 0 Å². The molecule has 0 amide bonds. The van der Waals surface area contributed by atoms with E-state index >= 15 is 0 Å². The summed E-state index contributed by atoms with van der Waals surface area (Å²) in [4.78, 5) is 12.8. The molecule has 96 valence electrons. The van der Waals surface area contributed by atoms with Crippen LogP contribution < -0.4 is 10.9 Å². The molecule has 0 aliphatic heterocycles. The molecule has 0 saturated heterocycles. The molecule has 1 aromatic heterocycles. The number of anilines is 1. The van der Waals surface area contributed by atoms with Crippen LogP contribution in [0, 0.1) is 6.92 Å². The van der Waals surface area contributed by atoms with Crippen LogP contribution in [0.15, 0.2) is 35.1 Å².